The Labute approximate surface area is 109 Å². The lowest BCUT2D eigenvalue weighted by atomic mass is 9.83. The van der Waals surface area contributed by atoms with Crippen molar-refractivity contribution in [2.75, 3.05) is 26.8 Å². The molecule has 1 amide bonds. The first-order chi connectivity index (χ1) is 8.76. The molecule has 0 aromatic rings. The smallest absolute Gasteiger partial charge is 0.225 e. The van der Waals surface area contributed by atoms with E-state index < -0.39 is 0 Å². The third-order valence-corrected chi connectivity index (χ3v) is 4.48. The fourth-order valence-electron chi connectivity index (χ4n) is 2.93. The van der Waals surface area contributed by atoms with Gasteiger partial charge in [0.05, 0.1) is 18.8 Å². The molecule has 0 radical (unpaired) electrons. The number of likely N-dealkylation sites (tertiary alicyclic amines) is 1. The number of carbonyl (C=O) groups is 1. The minimum Gasteiger partial charge on any atom is -0.381 e. The van der Waals surface area contributed by atoms with Crippen molar-refractivity contribution in [3.63, 3.8) is 0 Å². The molecular weight excluding hydrogens is 230 g/mol. The van der Waals surface area contributed by atoms with Crippen LogP contribution in [0.4, 0.5) is 0 Å². The first-order valence-corrected chi connectivity index (χ1v) is 7.19. The van der Waals surface area contributed by atoms with Crippen LogP contribution in [-0.4, -0.2) is 49.8 Å². The molecule has 4 nitrogen and oxygen atoms in total. The predicted molar refractivity (Wildman–Crippen MR) is 67.2 cm³/mol. The van der Waals surface area contributed by atoms with Gasteiger partial charge < -0.3 is 14.4 Å². The van der Waals surface area contributed by atoms with Crippen LogP contribution in [0.25, 0.3) is 0 Å². The number of nitrogens with zero attached hydrogens (tertiary/aromatic N) is 1. The Morgan fingerprint density at radius 1 is 1.22 bits per heavy atom. The van der Waals surface area contributed by atoms with E-state index in [1.807, 2.05) is 4.90 Å². The summed E-state index contributed by atoms with van der Waals surface area (Å²) in [5.74, 6) is 1.38. The van der Waals surface area contributed by atoms with Crippen molar-refractivity contribution in [2.45, 2.75) is 44.3 Å². The van der Waals surface area contributed by atoms with E-state index in [0.717, 1.165) is 51.8 Å². The van der Waals surface area contributed by atoms with Gasteiger partial charge in [-0.2, -0.15) is 0 Å². The molecule has 4 heteroatoms. The molecule has 1 heterocycles. The normalized spacial score (nSPS) is 35.6. The van der Waals surface area contributed by atoms with E-state index in [2.05, 4.69) is 0 Å². The monoisotopic (exact) mass is 253 g/mol. The molecule has 3 rings (SSSR count). The Morgan fingerprint density at radius 3 is 2.67 bits per heavy atom. The zero-order valence-electron chi connectivity index (χ0n) is 11.1. The van der Waals surface area contributed by atoms with Gasteiger partial charge in [0.15, 0.2) is 0 Å². The van der Waals surface area contributed by atoms with E-state index in [1.54, 1.807) is 7.11 Å². The van der Waals surface area contributed by atoms with E-state index in [9.17, 15) is 4.79 Å². The molecule has 0 spiro atoms. The van der Waals surface area contributed by atoms with E-state index in [-0.39, 0.29) is 6.10 Å². The summed E-state index contributed by atoms with van der Waals surface area (Å²) in [4.78, 5) is 13.9. The molecule has 102 valence electrons. The number of ether oxygens (including phenoxy) is 2. The van der Waals surface area contributed by atoms with Crippen LogP contribution in [0.1, 0.15) is 32.1 Å². The average molecular weight is 253 g/mol. The Morgan fingerprint density at radius 2 is 2.00 bits per heavy atom. The second-order valence-electron chi connectivity index (χ2n) is 6.00. The van der Waals surface area contributed by atoms with Crippen molar-refractivity contribution in [1.29, 1.82) is 0 Å². The lowest BCUT2D eigenvalue weighted by Crippen LogP contribution is -2.35. The third-order valence-electron chi connectivity index (χ3n) is 4.48. The first kappa shape index (κ1) is 12.4. The molecule has 0 N–H and O–H groups in total. The number of hydrogen-bond acceptors (Lipinski definition) is 3. The van der Waals surface area contributed by atoms with Crippen LogP contribution in [0.15, 0.2) is 0 Å². The van der Waals surface area contributed by atoms with Gasteiger partial charge in [0.2, 0.25) is 5.91 Å². The minimum atomic E-state index is 0.272. The SMILES string of the molecule is COC1CC(COC2CCN(C(=O)C3CC3)C2)C1. The Kier molecular flexibility index (Phi) is 3.57. The quantitative estimate of drug-likeness (QED) is 0.744. The minimum absolute atomic E-state index is 0.272. The predicted octanol–water partition coefficient (Wildman–Crippen LogP) is 1.44. The van der Waals surface area contributed by atoms with Crippen molar-refractivity contribution >= 4 is 5.91 Å². The zero-order valence-corrected chi connectivity index (χ0v) is 11.1. The van der Waals surface area contributed by atoms with Crippen LogP contribution in [0.3, 0.4) is 0 Å². The van der Waals surface area contributed by atoms with Crippen LogP contribution in [0.5, 0.6) is 0 Å². The topological polar surface area (TPSA) is 38.8 Å². The van der Waals surface area contributed by atoms with E-state index in [0.29, 0.717) is 23.8 Å². The van der Waals surface area contributed by atoms with Gasteiger partial charge >= 0.3 is 0 Å². The standard InChI is InChI=1S/C14H23NO3/c1-17-13-6-10(7-13)9-18-12-4-5-15(8-12)14(16)11-2-3-11/h10-13H,2-9H2,1H3. The third kappa shape index (κ3) is 2.69. The van der Waals surface area contributed by atoms with E-state index in [1.165, 1.54) is 0 Å². The van der Waals surface area contributed by atoms with Crippen LogP contribution in [-0.2, 0) is 14.3 Å². The number of methoxy groups -OCH3 is 1. The van der Waals surface area contributed by atoms with Crippen LogP contribution in [0.2, 0.25) is 0 Å². The molecule has 18 heavy (non-hydrogen) atoms. The lowest BCUT2D eigenvalue weighted by molar-refractivity contribution is -0.132. The molecule has 2 aliphatic carbocycles. The van der Waals surface area contributed by atoms with E-state index in [4.69, 9.17) is 9.47 Å². The largest absolute Gasteiger partial charge is 0.381 e. The Balaban J connectivity index is 1.34. The second-order valence-corrected chi connectivity index (χ2v) is 6.00. The van der Waals surface area contributed by atoms with Gasteiger partial charge in [0, 0.05) is 26.1 Å². The summed E-state index contributed by atoms with van der Waals surface area (Å²) in [5.41, 5.74) is 0. The van der Waals surface area contributed by atoms with Gasteiger partial charge in [0.1, 0.15) is 0 Å². The number of amides is 1. The van der Waals surface area contributed by atoms with Crippen molar-refractivity contribution in [1.82, 2.24) is 4.90 Å². The summed E-state index contributed by atoms with van der Waals surface area (Å²) >= 11 is 0. The number of carbonyl (C=O) groups excluding carboxylic acids is 1. The molecule has 3 fully saturated rings. The summed E-state index contributed by atoms with van der Waals surface area (Å²) in [6.07, 6.45) is 6.20. The Hall–Kier alpha value is -0.610. The first-order valence-electron chi connectivity index (χ1n) is 7.19. The highest BCUT2D eigenvalue weighted by atomic mass is 16.5. The maximum Gasteiger partial charge on any atom is 0.225 e. The lowest BCUT2D eigenvalue weighted by Gasteiger charge is -2.34. The number of rotatable bonds is 5. The van der Waals surface area contributed by atoms with Gasteiger partial charge in [-0.25, -0.2) is 0 Å². The fraction of sp³-hybridized carbons (Fsp3) is 0.929. The molecule has 3 aliphatic rings. The van der Waals surface area contributed by atoms with Crippen LogP contribution >= 0.6 is 0 Å². The maximum atomic E-state index is 11.9. The average Bonchev–Trinajstić information content (AvgIpc) is 3.06. The van der Waals surface area contributed by atoms with E-state index >= 15 is 0 Å². The molecule has 1 aliphatic heterocycles. The highest BCUT2D eigenvalue weighted by molar-refractivity contribution is 5.81. The summed E-state index contributed by atoms with van der Waals surface area (Å²) in [5, 5.41) is 0. The molecule has 0 bridgehead atoms. The van der Waals surface area contributed by atoms with Crippen molar-refractivity contribution in [2.24, 2.45) is 11.8 Å². The Bertz CT molecular complexity index is 310. The van der Waals surface area contributed by atoms with Crippen LogP contribution < -0.4 is 0 Å². The molecule has 1 atom stereocenters. The molecule has 1 unspecified atom stereocenters. The highest BCUT2D eigenvalue weighted by Crippen LogP contribution is 2.33. The van der Waals surface area contributed by atoms with Gasteiger partial charge in [-0.3, -0.25) is 4.79 Å². The number of hydrogen-bond donors (Lipinski definition) is 0. The van der Waals surface area contributed by atoms with Gasteiger partial charge in [-0.15, -0.1) is 0 Å². The summed E-state index contributed by atoms with van der Waals surface area (Å²) in [6, 6.07) is 0. The molecule has 2 saturated carbocycles. The summed E-state index contributed by atoms with van der Waals surface area (Å²) < 4.78 is 11.2. The van der Waals surface area contributed by atoms with Crippen molar-refractivity contribution in [3.8, 4) is 0 Å². The summed E-state index contributed by atoms with van der Waals surface area (Å²) in [6.45, 7) is 2.55. The van der Waals surface area contributed by atoms with Gasteiger partial charge in [-0.1, -0.05) is 0 Å². The van der Waals surface area contributed by atoms with Crippen molar-refractivity contribution in [3.05, 3.63) is 0 Å². The zero-order chi connectivity index (χ0) is 12.5. The molecule has 0 aromatic heterocycles. The van der Waals surface area contributed by atoms with Crippen molar-refractivity contribution < 1.29 is 14.3 Å². The molecule has 0 aromatic carbocycles. The maximum absolute atomic E-state index is 11.9. The van der Waals surface area contributed by atoms with Gasteiger partial charge in [0.25, 0.3) is 0 Å². The highest BCUT2D eigenvalue weighted by Gasteiger charge is 2.37. The fourth-order valence-corrected chi connectivity index (χ4v) is 2.93. The molecule has 1 saturated heterocycles. The second kappa shape index (κ2) is 5.17. The molecular formula is C14H23NO3. The summed E-state index contributed by atoms with van der Waals surface area (Å²) in [7, 11) is 1.78. The van der Waals surface area contributed by atoms with Crippen LogP contribution in [0, 0.1) is 11.8 Å². The van der Waals surface area contributed by atoms with Gasteiger partial charge in [-0.05, 0) is 38.0 Å².